The molecule has 6 heteroatoms. The van der Waals surface area contributed by atoms with E-state index in [0.717, 1.165) is 16.2 Å². The summed E-state index contributed by atoms with van der Waals surface area (Å²) >= 11 is 0. The molecule has 0 atom stereocenters. The van der Waals surface area contributed by atoms with Crippen LogP contribution in [0.5, 0.6) is 11.5 Å². The van der Waals surface area contributed by atoms with Gasteiger partial charge in [0.1, 0.15) is 11.5 Å². The number of nitrogens with zero attached hydrogens (tertiary/aromatic N) is 1. The van der Waals surface area contributed by atoms with E-state index < -0.39 is 14.8 Å². The fourth-order valence-corrected chi connectivity index (χ4v) is 9.47. The number of benzene rings is 5. The van der Waals surface area contributed by atoms with Gasteiger partial charge in [-0.3, -0.25) is 4.57 Å². The van der Waals surface area contributed by atoms with E-state index in [1.807, 2.05) is 133 Å². The highest BCUT2D eigenvalue weighted by atomic mass is 31.2. The van der Waals surface area contributed by atoms with Crippen molar-refractivity contribution in [2.24, 2.45) is 0 Å². The lowest BCUT2D eigenvalue weighted by molar-refractivity contribution is 0.397. The van der Waals surface area contributed by atoms with E-state index in [0.29, 0.717) is 11.5 Å². The number of para-hydroxylation sites is 2. The van der Waals surface area contributed by atoms with Crippen LogP contribution >= 0.6 is 14.8 Å². The smallest absolute Gasteiger partial charge is 0.347 e. The van der Waals surface area contributed by atoms with E-state index in [9.17, 15) is 4.57 Å². The average molecular weight is 535 g/mol. The van der Waals surface area contributed by atoms with E-state index in [1.54, 1.807) is 24.3 Å². The quantitative estimate of drug-likeness (QED) is 0.179. The zero-order valence-electron chi connectivity index (χ0n) is 20.6. The Labute approximate surface area is 223 Å². The molecule has 0 aliphatic rings. The van der Waals surface area contributed by atoms with Gasteiger partial charge in [0.15, 0.2) is 0 Å². The summed E-state index contributed by atoms with van der Waals surface area (Å²) in [6, 6.07) is 47.6. The first kappa shape index (κ1) is 25.6. The molecule has 188 valence electrons. The lowest BCUT2D eigenvalue weighted by Crippen LogP contribution is -2.17. The second kappa shape index (κ2) is 12.0. The van der Waals surface area contributed by atoms with Crippen LogP contribution in [0.15, 0.2) is 152 Å². The number of hydrogen-bond donors (Lipinski definition) is 0. The molecule has 0 saturated carbocycles. The van der Waals surface area contributed by atoms with Gasteiger partial charge in [-0.2, -0.15) is 0 Å². The molecule has 0 amide bonds. The fraction of sp³-hybridized carbons (Fsp3) is 0. The lowest BCUT2D eigenvalue weighted by Gasteiger charge is -2.42. The Balaban J connectivity index is 1.74. The summed E-state index contributed by atoms with van der Waals surface area (Å²) in [6.07, 6.45) is 1.91. The standard InChI is InChI=1S/C32H26NO3P2/c34-38(35-29-18-8-2-9-19-29,36-30-20-10-3-11-21-30)33-37(31-22-12-4-13-23-31,32-24-14-5-15-25-32)27-26-28-16-6-1-7-17-28/h1-26H/q-1. The molecule has 0 heterocycles. The first-order valence-electron chi connectivity index (χ1n) is 12.2. The van der Waals surface area contributed by atoms with Gasteiger partial charge < -0.3 is 13.9 Å². The minimum atomic E-state index is -4.14. The summed E-state index contributed by atoms with van der Waals surface area (Å²) < 4.78 is 26.9. The SMILES string of the molecule is O=P([N-]P(=C=Cc1ccccc1)(c1ccccc1)c1ccccc1)(Oc1ccccc1)Oc1ccccc1. The molecule has 0 N–H and O–H groups in total. The molecule has 0 unspecified atom stereocenters. The Hall–Kier alpha value is -4.03. The highest BCUT2D eigenvalue weighted by Crippen LogP contribution is 2.69. The summed E-state index contributed by atoms with van der Waals surface area (Å²) in [5.41, 5.74) is 4.56. The molecule has 0 aliphatic carbocycles. The van der Waals surface area contributed by atoms with Crippen molar-refractivity contribution < 1.29 is 13.6 Å². The van der Waals surface area contributed by atoms with Crippen LogP contribution in [0.4, 0.5) is 0 Å². The third kappa shape index (κ3) is 6.26. The molecule has 0 fully saturated rings. The molecule has 0 saturated heterocycles. The minimum Gasteiger partial charge on any atom is -0.493 e. The zero-order chi connectivity index (χ0) is 26.1. The Kier molecular flexibility index (Phi) is 8.09. The van der Waals surface area contributed by atoms with Crippen LogP contribution in [0.25, 0.3) is 10.9 Å². The van der Waals surface area contributed by atoms with Crippen LogP contribution < -0.4 is 19.7 Å². The monoisotopic (exact) mass is 534 g/mol. The molecule has 5 aromatic carbocycles. The average Bonchev–Trinajstić information content (AvgIpc) is 2.98. The summed E-state index contributed by atoms with van der Waals surface area (Å²) in [4.78, 5) is 5.07. The van der Waals surface area contributed by atoms with Crippen molar-refractivity contribution in [3.63, 3.8) is 0 Å². The van der Waals surface area contributed by atoms with E-state index in [2.05, 4.69) is 5.45 Å². The Morgan fingerprint density at radius 1 is 0.526 bits per heavy atom. The maximum absolute atomic E-state index is 14.7. The third-order valence-corrected chi connectivity index (χ3v) is 11.1. The minimum absolute atomic E-state index is 0.404. The molecule has 0 bridgehead atoms. The van der Waals surface area contributed by atoms with Crippen molar-refractivity contribution in [1.82, 2.24) is 0 Å². The second-order valence-corrected chi connectivity index (χ2v) is 12.9. The van der Waals surface area contributed by atoms with Crippen molar-refractivity contribution >= 4 is 36.9 Å². The van der Waals surface area contributed by atoms with Gasteiger partial charge in [0, 0.05) is 0 Å². The highest BCUT2D eigenvalue weighted by Gasteiger charge is 2.25. The Morgan fingerprint density at radius 2 is 0.895 bits per heavy atom. The third-order valence-electron chi connectivity index (χ3n) is 5.65. The van der Waals surface area contributed by atoms with Crippen LogP contribution in [0.2, 0.25) is 0 Å². The lowest BCUT2D eigenvalue weighted by atomic mass is 10.2. The van der Waals surface area contributed by atoms with Crippen molar-refractivity contribution in [1.29, 1.82) is 0 Å². The molecule has 4 nitrogen and oxygen atoms in total. The molecule has 0 aromatic heterocycles. The van der Waals surface area contributed by atoms with E-state index in [4.69, 9.17) is 13.9 Å². The van der Waals surface area contributed by atoms with Crippen LogP contribution in [-0.4, -0.2) is 5.45 Å². The molecule has 38 heavy (non-hydrogen) atoms. The first-order valence-corrected chi connectivity index (χ1v) is 15.4. The van der Waals surface area contributed by atoms with Crippen molar-refractivity contribution in [2.45, 2.75) is 0 Å². The summed E-state index contributed by atoms with van der Waals surface area (Å²) in [5, 5.41) is 1.76. The van der Waals surface area contributed by atoms with Crippen LogP contribution in [-0.2, 0) is 4.57 Å². The van der Waals surface area contributed by atoms with Gasteiger partial charge in [-0.1, -0.05) is 134 Å². The maximum atomic E-state index is 14.7. The summed E-state index contributed by atoms with van der Waals surface area (Å²) in [5.74, 6) is 0.809. The van der Waals surface area contributed by atoms with E-state index >= 15 is 0 Å². The second-order valence-electron chi connectivity index (χ2n) is 8.36. The number of rotatable bonds is 9. The molecule has 0 spiro atoms. The topological polar surface area (TPSA) is 49.6 Å². The first-order chi connectivity index (χ1) is 18.7. The van der Waals surface area contributed by atoms with Gasteiger partial charge in [0.25, 0.3) is 0 Å². The van der Waals surface area contributed by atoms with Gasteiger partial charge in [-0.25, -0.2) is 0 Å². The van der Waals surface area contributed by atoms with E-state index in [1.165, 1.54) is 0 Å². The molecule has 0 radical (unpaired) electrons. The fourth-order valence-electron chi connectivity index (χ4n) is 3.88. The molecular formula is C32H26NO3P2-. The van der Waals surface area contributed by atoms with Crippen LogP contribution in [0.1, 0.15) is 5.56 Å². The van der Waals surface area contributed by atoms with Gasteiger partial charge in [-0.05, 0) is 46.5 Å². The van der Waals surface area contributed by atoms with Crippen LogP contribution in [0.3, 0.4) is 0 Å². The highest BCUT2D eigenvalue weighted by molar-refractivity contribution is 7.97. The largest absolute Gasteiger partial charge is 0.493 e. The van der Waals surface area contributed by atoms with Crippen molar-refractivity contribution in [3.8, 4) is 11.5 Å². The van der Waals surface area contributed by atoms with Gasteiger partial charge in [-0.15, -0.1) is 5.45 Å². The van der Waals surface area contributed by atoms with Gasteiger partial charge in [0.05, 0.1) is 0 Å². The van der Waals surface area contributed by atoms with Gasteiger partial charge in [0.2, 0.25) is 0 Å². The molecule has 5 aromatic rings. The van der Waals surface area contributed by atoms with Crippen molar-refractivity contribution in [2.75, 3.05) is 0 Å². The zero-order valence-corrected chi connectivity index (χ0v) is 22.4. The van der Waals surface area contributed by atoms with E-state index in [-0.39, 0.29) is 0 Å². The van der Waals surface area contributed by atoms with Crippen molar-refractivity contribution in [3.05, 3.63) is 162 Å². The molecular weight excluding hydrogens is 508 g/mol. The van der Waals surface area contributed by atoms with Gasteiger partial charge >= 0.3 is 7.75 Å². The summed E-state index contributed by atoms with van der Waals surface area (Å²) in [7, 11) is -7.10. The maximum Gasteiger partial charge on any atom is 0.347 e. The predicted octanol–water partition coefficient (Wildman–Crippen LogP) is 8.32. The predicted molar refractivity (Wildman–Crippen MR) is 160 cm³/mol. The summed E-state index contributed by atoms with van der Waals surface area (Å²) in [6.45, 7) is 0. The molecule has 0 aliphatic heterocycles. The normalized spacial score (nSPS) is 11.3. The number of hydrogen-bond acceptors (Lipinski definition) is 3. The van der Waals surface area contributed by atoms with Crippen LogP contribution in [0, 0.1) is 0 Å². The molecule has 5 rings (SSSR count). The Morgan fingerprint density at radius 3 is 1.32 bits per heavy atom. The Bertz CT molecular complexity index is 1500.